The first kappa shape index (κ1) is 18.1. The van der Waals surface area contributed by atoms with E-state index in [-0.39, 0.29) is 22.7 Å². The van der Waals surface area contributed by atoms with E-state index in [1.54, 1.807) is 18.6 Å². The van der Waals surface area contributed by atoms with Crippen molar-refractivity contribution in [2.75, 3.05) is 5.73 Å². The van der Waals surface area contributed by atoms with Gasteiger partial charge in [0.25, 0.3) is 0 Å². The molecular formula is C22H13FN4O2S. The van der Waals surface area contributed by atoms with Gasteiger partial charge in [0.15, 0.2) is 0 Å². The lowest BCUT2D eigenvalue weighted by molar-refractivity contribution is 0.101. The first-order valence-electron chi connectivity index (χ1n) is 8.95. The fourth-order valence-electron chi connectivity index (χ4n) is 3.21. The van der Waals surface area contributed by atoms with Crippen LogP contribution in [0.1, 0.15) is 16.1 Å². The number of halogens is 1. The van der Waals surface area contributed by atoms with E-state index < -0.39 is 11.6 Å². The number of carbonyl (C=O) groups is 1. The monoisotopic (exact) mass is 416 g/mol. The van der Waals surface area contributed by atoms with E-state index >= 15 is 0 Å². The van der Waals surface area contributed by atoms with Crippen LogP contribution in [0.3, 0.4) is 0 Å². The molecule has 0 aliphatic heterocycles. The largest absolute Gasteiger partial charge is 0.432 e. The van der Waals surface area contributed by atoms with Crippen molar-refractivity contribution in [1.82, 2.24) is 15.0 Å². The predicted octanol–water partition coefficient (Wildman–Crippen LogP) is 4.97. The fraction of sp³-hybridized carbons (Fsp3) is 0. The molecule has 0 radical (unpaired) electrons. The molecule has 4 aromatic heterocycles. The Labute approximate surface area is 173 Å². The highest BCUT2D eigenvalue weighted by Crippen LogP contribution is 2.40. The summed E-state index contributed by atoms with van der Waals surface area (Å²) in [5.41, 5.74) is 8.95. The molecular weight excluding hydrogens is 403 g/mol. The maximum Gasteiger partial charge on any atom is 0.230 e. The van der Waals surface area contributed by atoms with E-state index in [0.29, 0.717) is 16.8 Å². The number of fused-ring (bicyclic) bond motifs is 1. The van der Waals surface area contributed by atoms with Crippen molar-refractivity contribution in [3.05, 3.63) is 83.6 Å². The quantitative estimate of drug-likeness (QED) is 0.416. The molecule has 0 aliphatic rings. The zero-order valence-corrected chi connectivity index (χ0v) is 16.2. The van der Waals surface area contributed by atoms with Crippen molar-refractivity contribution >= 4 is 33.9 Å². The maximum absolute atomic E-state index is 13.2. The molecule has 0 saturated heterocycles. The Morgan fingerprint density at radius 2 is 1.93 bits per heavy atom. The van der Waals surface area contributed by atoms with E-state index in [9.17, 15) is 9.18 Å². The van der Waals surface area contributed by atoms with Crippen LogP contribution < -0.4 is 5.73 Å². The van der Waals surface area contributed by atoms with Crippen molar-refractivity contribution in [2.24, 2.45) is 0 Å². The van der Waals surface area contributed by atoms with E-state index in [0.717, 1.165) is 10.4 Å². The van der Waals surface area contributed by atoms with Crippen molar-refractivity contribution in [1.29, 1.82) is 0 Å². The highest BCUT2D eigenvalue weighted by Gasteiger charge is 2.25. The molecule has 5 aromatic rings. The van der Waals surface area contributed by atoms with E-state index in [4.69, 9.17) is 10.2 Å². The lowest BCUT2D eigenvalue weighted by atomic mass is 10.0. The van der Waals surface area contributed by atoms with Gasteiger partial charge in [-0.3, -0.25) is 14.8 Å². The zero-order valence-electron chi connectivity index (χ0n) is 15.4. The minimum absolute atomic E-state index is 0.0294. The molecule has 0 unspecified atom stereocenters. The summed E-state index contributed by atoms with van der Waals surface area (Å²) in [6.45, 7) is 0. The molecule has 30 heavy (non-hydrogen) atoms. The van der Waals surface area contributed by atoms with Gasteiger partial charge in [-0.1, -0.05) is 6.07 Å². The zero-order chi connectivity index (χ0) is 20.7. The first-order valence-corrected chi connectivity index (χ1v) is 9.83. The molecule has 0 saturated carbocycles. The molecule has 0 aliphatic carbocycles. The SMILES string of the molecule is Nc1c(C(=O)c2ccc(F)cc2)oc2nc(-c3cnccn3)cc(-c3cccs3)c12. The molecule has 146 valence electrons. The number of benzene rings is 1. The van der Waals surface area contributed by atoms with Gasteiger partial charge in [0.05, 0.1) is 23.0 Å². The first-order chi connectivity index (χ1) is 14.6. The Balaban J connectivity index is 1.74. The lowest BCUT2D eigenvalue weighted by Gasteiger charge is -2.05. The molecule has 1 aromatic carbocycles. The lowest BCUT2D eigenvalue weighted by Crippen LogP contribution is -2.03. The summed E-state index contributed by atoms with van der Waals surface area (Å²) in [4.78, 5) is 26.8. The van der Waals surface area contributed by atoms with Crippen LogP contribution in [-0.2, 0) is 0 Å². The number of thiophene rings is 1. The van der Waals surface area contributed by atoms with Gasteiger partial charge in [-0.25, -0.2) is 9.37 Å². The number of aromatic nitrogens is 3. The molecule has 6 nitrogen and oxygen atoms in total. The van der Waals surface area contributed by atoms with Gasteiger partial charge in [-0.05, 0) is 41.8 Å². The van der Waals surface area contributed by atoms with Crippen LogP contribution in [0.15, 0.2) is 70.9 Å². The Kier molecular flexibility index (Phi) is 4.33. The number of rotatable bonds is 4. The van der Waals surface area contributed by atoms with Crippen LogP contribution in [0.4, 0.5) is 10.1 Å². The van der Waals surface area contributed by atoms with Crippen molar-refractivity contribution in [2.45, 2.75) is 0 Å². The number of nitrogens with two attached hydrogens (primary N) is 1. The average molecular weight is 416 g/mol. The molecule has 0 atom stereocenters. The standard InChI is InChI=1S/C22H13FN4O2S/c23-13-5-3-12(4-6-13)20(28)21-19(24)18-14(17-2-1-9-30-17)10-15(27-22(18)29-21)16-11-25-7-8-26-16/h1-11H,24H2. The second kappa shape index (κ2) is 7.16. The third kappa shape index (κ3) is 3.03. The molecule has 5 rings (SSSR count). The summed E-state index contributed by atoms with van der Waals surface area (Å²) in [5, 5.41) is 2.50. The number of carbonyl (C=O) groups excluding carboxylic acids is 1. The second-order valence-corrected chi connectivity index (χ2v) is 7.43. The molecule has 0 bridgehead atoms. The van der Waals surface area contributed by atoms with Crippen LogP contribution in [0, 0.1) is 5.82 Å². The average Bonchev–Trinajstić information content (AvgIpc) is 3.42. The highest BCUT2D eigenvalue weighted by atomic mass is 32.1. The van der Waals surface area contributed by atoms with E-state index in [1.165, 1.54) is 35.6 Å². The molecule has 0 amide bonds. The van der Waals surface area contributed by atoms with Crippen LogP contribution in [0.2, 0.25) is 0 Å². The van der Waals surface area contributed by atoms with Gasteiger partial charge in [0.2, 0.25) is 17.3 Å². The van der Waals surface area contributed by atoms with E-state index in [2.05, 4.69) is 15.0 Å². The minimum atomic E-state index is -0.441. The van der Waals surface area contributed by atoms with Gasteiger partial charge < -0.3 is 10.2 Å². The fourth-order valence-corrected chi connectivity index (χ4v) is 3.96. The summed E-state index contributed by atoms with van der Waals surface area (Å²) < 4.78 is 19.1. The summed E-state index contributed by atoms with van der Waals surface area (Å²) in [5.74, 6) is -0.902. The molecule has 0 fully saturated rings. The Morgan fingerprint density at radius 3 is 2.63 bits per heavy atom. The second-order valence-electron chi connectivity index (χ2n) is 6.48. The number of nitrogen functional groups attached to an aromatic ring is 1. The summed E-state index contributed by atoms with van der Waals surface area (Å²) >= 11 is 1.53. The minimum Gasteiger partial charge on any atom is -0.432 e. The number of hydrogen-bond donors (Lipinski definition) is 1. The number of pyridine rings is 1. The van der Waals surface area contributed by atoms with Crippen LogP contribution in [0.25, 0.3) is 32.9 Å². The van der Waals surface area contributed by atoms with Crippen molar-refractivity contribution < 1.29 is 13.6 Å². The Hall–Kier alpha value is -3.91. The number of anilines is 1. The Bertz CT molecular complexity index is 1360. The van der Waals surface area contributed by atoms with Gasteiger partial charge in [0.1, 0.15) is 11.5 Å². The third-order valence-corrected chi connectivity index (χ3v) is 5.53. The summed E-state index contributed by atoms with van der Waals surface area (Å²) in [6.07, 6.45) is 4.75. The third-order valence-electron chi connectivity index (χ3n) is 4.62. The summed E-state index contributed by atoms with van der Waals surface area (Å²) in [7, 11) is 0. The van der Waals surface area contributed by atoms with Gasteiger partial charge in [-0.2, -0.15) is 0 Å². The van der Waals surface area contributed by atoms with Crippen LogP contribution in [0.5, 0.6) is 0 Å². The van der Waals surface area contributed by atoms with Gasteiger partial charge >= 0.3 is 0 Å². The number of furan rings is 1. The van der Waals surface area contributed by atoms with Crippen molar-refractivity contribution in [3.63, 3.8) is 0 Å². The molecule has 4 heterocycles. The van der Waals surface area contributed by atoms with E-state index in [1.807, 2.05) is 23.6 Å². The molecule has 2 N–H and O–H groups in total. The number of nitrogens with zero attached hydrogens (tertiary/aromatic N) is 3. The normalized spacial score (nSPS) is 11.1. The number of hydrogen-bond acceptors (Lipinski definition) is 7. The predicted molar refractivity (Wildman–Crippen MR) is 113 cm³/mol. The Morgan fingerprint density at radius 1 is 1.10 bits per heavy atom. The topological polar surface area (TPSA) is 94.9 Å². The van der Waals surface area contributed by atoms with Crippen LogP contribution in [-0.4, -0.2) is 20.7 Å². The van der Waals surface area contributed by atoms with Gasteiger partial charge in [0, 0.05) is 28.4 Å². The van der Waals surface area contributed by atoms with Crippen molar-refractivity contribution in [3.8, 4) is 21.8 Å². The number of ketones is 1. The highest BCUT2D eigenvalue weighted by molar-refractivity contribution is 7.13. The molecule has 0 spiro atoms. The van der Waals surface area contributed by atoms with Crippen LogP contribution >= 0.6 is 11.3 Å². The van der Waals surface area contributed by atoms with Gasteiger partial charge in [-0.15, -0.1) is 11.3 Å². The summed E-state index contributed by atoms with van der Waals surface area (Å²) in [6, 6.07) is 11.0. The smallest absolute Gasteiger partial charge is 0.230 e. The molecule has 8 heteroatoms. The maximum atomic E-state index is 13.2.